The van der Waals surface area contributed by atoms with E-state index in [-0.39, 0.29) is 0 Å². The van der Waals surface area contributed by atoms with E-state index >= 15 is 0 Å². The monoisotopic (exact) mass is 369 g/mol. The molecule has 2 atom stereocenters. The maximum absolute atomic E-state index is 13.7. The molecule has 7 heteroatoms. The van der Waals surface area contributed by atoms with Crippen LogP contribution in [0.2, 0.25) is 0 Å². The minimum absolute atomic E-state index is 0.384. The summed E-state index contributed by atoms with van der Waals surface area (Å²) >= 11 is 0. The minimum atomic E-state index is -4.33. The van der Waals surface area contributed by atoms with Crippen molar-refractivity contribution in [1.29, 1.82) is 0 Å². The molecule has 2 unspecified atom stereocenters. The van der Waals surface area contributed by atoms with Gasteiger partial charge >= 0.3 is 6.18 Å². The Kier molecular flexibility index (Phi) is 4.88. The highest BCUT2D eigenvalue weighted by Gasteiger charge is 2.40. The number of morpholine rings is 1. The molecular formula is C19H26F3N3O. The van der Waals surface area contributed by atoms with Gasteiger partial charge < -0.3 is 14.5 Å². The van der Waals surface area contributed by atoms with Gasteiger partial charge in [-0.15, -0.1) is 0 Å². The molecule has 4 nitrogen and oxygen atoms in total. The van der Waals surface area contributed by atoms with Gasteiger partial charge in [-0.3, -0.25) is 4.90 Å². The minimum Gasteiger partial charge on any atom is -0.378 e. The molecule has 144 valence electrons. The van der Waals surface area contributed by atoms with Crippen LogP contribution in [0, 0.1) is 11.8 Å². The summed E-state index contributed by atoms with van der Waals surface area (Å²) in [6.07, 6.45) is -4.33. The van der Waals surface area contributed by atoms with Crippen LogP contribution in [0.1, 0.15) is 11.1 Å². The molecule has 4 rings (SSSR count). The molecule has 0 aliphatic carbocycles. The predicted molar refractivity (Wildman–Crippen MR) is 94.2 cm³/mol. The number of halogens is 3. The van der Waals surface area contributed by atoms with Gasteiger partial charge in [0.1, 0.15) is 0 Å². The van der Waals surface area contributed by atoms with E-state index in [1.54, 1.807) is 6.07 Å². The Bertz CT molecular complexity index is 631. The van der Waals surface area contributed by atoms with Crippen LogP contribution < -0.4 is 4.90 Å². The van der Waals surface area contributed by atoms with E-state index in [1.807, 2.05) is 11.0 Å². The molecule has 0 bridgehead atoms. The summed E-state index contributed by atoms with van der Waals surface area (Å²) in [5.74, 6) is 1.20. The van der Waals surface area contributed by atoms with Crippen LogP contribution in [0.4, 0.5) is 18.9 Å². The number of rotatable bonds is 3. The smallest absolute Gasteiger partial charge is 0.378 e. The first kappa shape index (κ1) is 18.1. The van der Waals surface area contributed by atoms with Gasteiger partial charge in [0.25, 0.3) is 0 Å². The molecule has 0 N–H and O–H groups in total. The van der Waals surface area contributed by atoms with Gasteiger partial charge in [-0.2, -0.15) is 13.2 Å². The van der Waals surface area contributed by atoms with Gasteiger partial charge in [0.15, 0.2) is 0 Å². The molecule has 1 aromatic rings. The Morgan fingerprint density at radius 2 is 1.69 bits per heavy atom. The average Bonchev–Trinajstić information content (AvgIpc) is 3.11. The summed E-state index contributed by atoms with van der Waals surface area (Å²) in [4.78, 5) is 6.49. The third-order valence-electron chi connectivity index (χ3n) is 5.91. The zero-order valence-electron chi connectivity index (χ0n) is 15.1. The molecule has 0 aromatic heterocycles. The molecule has 3 aliphatic rings. The molecule has 3 aliphatic heterocycles. The number of hydrogen-bond acceptors (Lipinski definition) is 4. The van der Waals surface area contributed by atoms with Gasteiger partial charge in [0.2, 0.25) is 0 Å². The third-order valence-corrected chi connectivity index (χ3v) is 5.91. The number of nitrogens with zero attached hydrogens (tertiary/aromatic N) is 3. The number of ether oxygens (including phenoxy) is 1. The zero-order chi connectivity index (χ0) is 18.3. The SMILES string of the molecule is CN1CC2CN(Cc3ccc(N4CCOCC4)cc3C(F)(F)F)CC2C1. The van der Waals surface area contributed by atoms with Crippen molar-refractivity contribution in [3.63, 3.8) is 0 Å². The Hall–Kier alpha value is -1.31. The molecule has 26 heavy (non-hydrogen) atoms. The van der Waals surface area contributed by atoms with E-state index in [2.05, 4.69) is 16.8 Å². The highest BCUT2D eigenvalue weighted by atomic mass is 19.4. The van der Waals surface area contributed by atoms with Gasteiger partial charge in [-0.25, -0.2) is 0 Å². The first-order valence-corrected chi connectivity index (χ1v) is 9.34. The number of benzene rings is 1. The van der Waals surface area contributed by atoms with Crippen molar-refractivity contribution in [3.05, 3.63) is 29.3 Å². The fourth-order valence-corrected chi connectivity index (χ4v) is 4.68. The molecule has 3 saturated heterocycles. The lowest BCUT2D eigenvalue weighted by Gasteiger charge is -2.30. The fourth-order valence-electron chi connectivity index (χ4n) is 4.68. The van der Waals surface area contributed by atoms with Crippen molar-refractivity contribution in [2.75, 3.05) is 64.4 Å². The Morgan fingerprint density at radius 3 is 2.31 bits per heavy atom. The van der Waals surface area contributed by atoms with Crippen molar-refractivity contribution in [2.24, 2.45) is 11.8 Å². The van der Waals surface area contributed by atoms with Crippen LogP contribution in [-0.2, 0) is 17.5 Å². The number of alkyl halides is 3. The first-order valence-electron chi connectivity index (χ1n) is 9.34. The van der Waals surface area contributed by atoms with Gasteiger partial charge in [0.05, 0.1) is 18.8 Å². The summed E-state index contributed by atoms with van der Waals surface area (Å²) in [5.41, 5.74) is 0.544. The summed E-state index contributed by atoms with van der Waals surface area (Å²) in [6.45, 7) is 6.71. The van der Waals surface area contributed by atoms with Gasteiger partial charge in [-0.1, -0.05) is 6.07 Å². The summed E-state index contributed by atoms with van der Waals surface area (Å²) in [5, 5.41) is 0. The first-order chi connectivity index (χ1) is 12.4. The van der Waals surface area contributed by atoms with Crippen molar-refractivity contribution >= 4 is 5.69 Å². The number of fused-ring (bicyclic) bond motifs is 1. The fraction of sp³-hybridized carbons (Fsp3) is 0.684. The number of anilines is 1. The summed E-state index contributed by atoms with van der Waals surface area (Å²) in [7, 11) is 2.12. The highest BCUT2D eigenvalue weighted by molar-refractivity contribution is 5.52. The molecule has 0 spiro atoms. The van der Waals surface area contributed by atoms with E-state index in [1.165, 1.54) is 6.07 Å². The maximum atomic E-state index is 13.7. The molecule has 0 radical (unpaired) electrons. The Labute approximate surface area is 152 Å². The standard InChI is InChI=1S/C19H26F3N3O/c1-23-9-15-12-24(13-16(15)10-23)11-14-2-3-17(8-18(14)19(20,21)22)25-4-6-26-7-5-25/h2-3,8,15-16H,4-7,9-13H2,1H3. The third kappa shape index (κ3) is 3.70. The van der Waals surface area contributed by atoms with E-state index in [0.717, 1.165) is 26.2 Å². The summed E-state index contributed by atoms with van der Waals surface area (Å²) < 4.78 is 46.4. The largest absolute Gasteiger partial charge is 0.416 e. The van der Waals surface area contributed by atoms with Crippen LogP contribution >= 0.6 is 0 Å². The molecule has 0 amide bonds. The second-order valence-electron chi connectivity index (χ2n) is 7.87. The molecule has 0 saturated carbocycles. The second-order valence-corrected chi connectivity index (χ2v) is 7.87. The van der Waals surface area contributed by atoms with Crippen LogP contribution in [0.5, 0.6) is 0 Å². The van der Waals surface area contributed by atoms with Crippen LogP contribution in [0.3, 0.4) is 0 Å². The van der Waals surface area contributed by atoms with Crippen molar-refractivity contribution in [1.82, 2.24) is 9.80 Å². The topological polar surface area (TPSA) is 19.0 Å². The van der Waals surface area contributed by atoms with Crippen molar-refractivity contribution in [2.45, 2.75) is 12.7 Å². The summed E-state index contributed by atoms with van der Waals surface area (Å²) in [6, 6.07) is 4.83. The van der Waals surface area contributed by atoms with Gasteiger partial charge in [-0.05, 0) is 36.6 Å². The van der Waals surface area contributed by atoms with E-state index in [0.29, 0.717) is 55.9 Å². The van der Waals surface area contributed by atoms with E-state index in [9.17, 15) is 13.2 Å². The Morgan fingerprint density at radius 1 is 1.04 bits per heavy atom. The lowest BCUT2D eigenvalue weighted by molar-refractivity contribution is -0.138. The lowest BCUT2D eigenvalue weighted by Crippen LogP contribution is -2.36. The van der Waals surface area contributed by atoms with Crippen LogP contribution in [0.15, 0.2) is 18.2 Å². The molecule has 1 aromatic carbocycles. The van der Waals surface area contributed by atoms with E-state index < -0.39 is 11.7 Å². The normalized spacial score (nSPS) is 27.9. The van der Waals surface area contributed by atoms with E-state index in [4.69, 9.17) is 4.74 Å². The van der Waals surface area contributed by atoms with Crippen molar-refractivity contribution in [3.8, 4) is 0 Å². The van der Waals surface area contributed by atoms with Crippen LogP contribution in [0.25, 0.3) is 0 Å². The quantitative estimate of drug-likeness (QED) is 0.815. The maximum Gasteiger partial charge on any atom is 0.416 e. The second kappa shape index (κ2) is 7.02. The lowest BCUT2D eigenvalue weighted by atomic mass is 10.0. The van der Waals surface area contributed by atoms with Crippen LogP contribution in [-0.4, -0.2) is 69.3 Å². The van der Waals surface area contributed by atoms with Crippen molar-refractivity contribution < 1.29 is 17.9 Å². The molecule has 3 heterocycles. The predicted octanol–water partition coefficient (Wildman–Crippen LogP) is 2.54. The molecular weight excluding hydrogens is 343 g/mol. The number of hydrogen-bond donors (Lipinski definition) is 0. The number of likely N-dealkylation sites (tertiary alicyclic amines) is 2. The van der Waals surface area contributed by atoms with Gasteiger partial charge in [0, 0.05) is 51.5 Å². The highest BCUT2D eigenvalue weighted by Crippen LogP contribution is 2.37. The molecule has 3 fully saturated rings. The average molecular weight is 369 g/mol. The zero-order valence-corrected chi connectivity index (χ0v) is 15.1. The Balaban J connectivity index is 1.52.